The van der Waals surface area contributed by atoms with Crippen molar-refractivity contribution in [1.82, 2.24) is 14.9 Å². The van der Waals surface area contributed by atoms with E-state index in [4.69, 9.17) is 15.5 Å². The van der Waals surface area contributed by atoms with E-state index in [1.165, 1.54) is 16.7 Å². The zero-order chi connectivity index (χ0) is 34.8. The maximum absolute atomic E-state index is 16.0. The minimum atomic E-state index is -4.59. The molecule has 0 atom stereocenters. The number of primary amides is 1. The number of anilines is 1. The predicted molar refractivity (Wildman–Crippen MR) is 173 cm³/mol. The molecule has 0 radical (unpaired) electrons. The smallest absolute Gasteiger partial charge is 0.373 e. The summed E-state index contributed by atoms with van der Waals surface area (Å²) >= 11 is 0. The van der Waals surface area contributed by atoms with E-state index in [0.29, 0.717) is 52.4 Å². The van der Waals surface area contributed by atoms with Crippen LogP contribution in [0, 0.1) is 12.7 Å². The summed E-state index contributed by atoms with van der Waals surface area (Å²) in [5, 5.41) is 2.82. The number of alkyl halides is 3. The Labute approximate surface area is 279 Å². The van der Waals surface area contributed by atoms with Gasteiger partial charge in [-0.1, -0.05) is 0 Å². The minimum Gasteiger partial charge on any atom is -0.373 e. The second-order valence-corrected chi connectivity index (χ2v) is 13.5. The predicted octanol–water partition coefficient (Wildman–Crippen LogP) is 4.41. The summed E-state index contributed by atoms with van der Waals surface area (Å²) in [6.45, 7) is 2.50. The number of carbonyl (C=O) groups is 2. The van der Waals surface area contributed by atoms with E-state index >= 15 is 4.39 Å². The molecule has 4 heterocycles. The molecule has 10 nitrogen and oxygen atoms in total. The van der Waals surface area contributed by atoms with Crippen molar-refractivity contribution in [1.29, 1.82) is 0 Å². The van der Waals surface area contributed by atoms with Crippen LogP contribution in [0.2, 0.25) is 0 Å². The van der Waals surface area contributed by atoms with Gasteiger partial charge in [0.25, 0.3) is 11.5 Å². The zero-order valence-electron chi connectivity index (χ0n) is 27.1. The number of benzene rings is 1. The van der Waals surface area contributed by atoms with Gasteiger partial charge in [-0.05, 0) is 81.3 Å². The van der Waals surface area contributed by atoms with Crippen molar-refractivity contribution < 1.29 is 31.9 Å². The Balaban J connectivity index is 1.20. The van der Waals surface area contributed by atoms with E-state index < -0.39 is 34.7 Å². The lowest BCUT2D eigenvalue weighted by Gasteiger charge is -2.38. The van der Waals surface area contributed by atoms with E-state index in [-0.39, 0.29) is 55.2 Å². The van der Waals surface area contributed by atoms with Crippen LogP contribution < -0.4 is 21.5 Å². The number of aromatic nitrogens is 2. The molecule has 258 valence electrons. The number of nitrogens with one attached hydrogen (secondary N) is 1. The average molecular weight is 681 g/mol. The number of amides is 2. The van der Waals surface area contributed by atoms with Gasteiger partial charge >= 0.3 is 6.18 Å². The van der Waals surface area contributed by atoms with Crippen LogP contribution >= 0.6 is 0 Å². The molecule has 3 N–H and O–H groups in total. The molecule has 0 bridgehead atoms. The molecule has 14 heteroatoms. The largest absolute Gasteiger partial charge is 0.433 e. The number of ether oxygens (including phenoxy) is 1. The third-order valence-electron chi connectivity index (χ3n) is 9.82. The molecule has 2 aliphatic carbocycles. The third kappa shape index (κ3) is 6.33. The SMILES string of the molecule is Cc1cc(CC(N)=O)c(=O)n(C)c1-c1cc(F)c(COC2CC2)c(N2CCC3(CC2)N=C(c2ccc(C(F)(F)F)nc2C2CC2)NC3=O)c1. The molecular weight excluding hydrogens is 644 g/mol. The molecule has 3 aromatic rings. The van der Waals surface area contributed by atoms with E-state index in [9.17, 15) is 27.6 Å². The Morgan fingerprint density at radius 1 is 1.10 bits per heavy atom. The highest BCUT2D eigenvalue weighted by Crippen LogP contribution is 2.43. The number of pyridine rings is 2. The molecular formula is C35H36F4N6O4. The highest BCUT2D eigenvalue weighted by atomic mass is 19.4. The van der Waals surface area contributed by atoms with Crippen molar-refractivity contribution in [2.75, 3.05) is 18.0 Å². The molecule has 2 saturated carbocycles. The monoisotopic (exact) mass is 680 g/mol. The van der Waals surface area contributed by atoms with Gasteiger partial charge in [0, 0.05) is 54.0 Å². The molecule has 7 rings (SSSR count). The maximum atomic E-state index is 16.0. The maximum Gasteiger partial charge on any atom is 0.433 e. The van der Waals surface area contributed by atoms with Crippen molar-refractivity contribution in [3.8, 4) is 11.3 Å². The first kappa shape index (κ1) is 32.9. The van der Waals surface area contributed by atoms with Crippen LogP contribution in [-0.2, 0) is 40.6 Å². The van der Waals surface area contributed by atoms with Crippen LogP contribution in [0.25, 0.3) is 11.3 Å². The van der Waals surface area contributed by atoms with Gasteiger partial charge in [-0.3, -0.25) is 19.4 Å². The number of halogens is 4. The highest BCUT2D eigenvalue weighted by Gasteiger charge is 2.47. The van der Waals surface area contributed by atoms with Gasteiger partial charge in [-0.25, -0.2) is 9.37 Å². The van der Waals surface area contributed by atoms with E-state index in [1.807, 2.05) is 11.0 Å². The Morgan fingerprint density at radius 3 is 2.45 bits per heavy atom. The summed E-state index contributed by atoms with van der Waals surface area (Å²) in [5.41, 5.74) is 6.33. The number of nitrogens with two attached hydrogens (primary N) is 1. The van der Waals surface area contributed by atoms with Crippen LogP contribution in [0.1, 0.15) is 78.1 Å². The van der Waals surface area contributed by atoms with Gasteiger partial charge in [0.1, 0.15) is 22.9 Å². The number of piperidine rings is 1. The number of aliphatic imine (C=N–C) groups is 1. The van der Waals surface area contributed by atoms with E-state index in [2.05, 4.69) is 10.3 Å². The molecule has 2 amide bonds. The lowest BCUT2D eigenvalue weighted by Crippen LogP contribution is -2.49. The van der Waals surface area contributed by atoms with Crippen molar-refractivity contribution in [2.24, 2.45) is 17.8 Å². The van der Waals surface area contributed by atoms with Gasteiger partial charge < -0.3 is 25.3 Å². The Hall–Kier alpha value is -4.59. The quantitative estimate of drug-likeness (QED) is 0.322. The molecule has 3 fully saturated rings. The number of aryl methyl sites for hydroxylation is 1. The Kier molecular flexibility index (Phi) is 8.12. The first-order chi connectivity index (χ1) is 23.2. The van der Waals surface area contributed by atoms with Crippen molar-refractivity contribution in [3.63, 3.8) is 0 Å². The second-order valence-electron chi connectivity index (χ2n) is 13.5. The number of nitrogens with zero attached hydrogens (tertiary/aromatic N) is 4. The van der Waals surface area contributed by atoms with Crippen molar-refractivity contribution >= 4 is 23.3 Å². The second kappa shape index (κ2) is 12.1. The summed E-state index contributed by atoms with van der Waals surface area (Å²) < 4.78 is 63.7. The summed E-state index contributed by atoms with van der Waals surface area (Å²) in [5.74, 6) is -1.35. The first-order valence-corrected chi connectivity index (χ1v) is 16.4. The van der Waals surface area contributed by atoms with Gasteiger partial charge in [-0.2, -0.15) is 13.2 Å². The van der Waals surface area contributed by atoms with Gasteiger partial charge in [-0.15, -0.1) is 0 Å². The summed E-state index contributed by atoms with van der Waals surface area (Å²) in [6, 6.07) is 7.06. The van der Waals surface area contributed by atoms with Crippen LogP contribution in [0.4, 0.5) is 23.2 Å². The average Bonchev–Trinajstić information content (AvgIpc) is 3.98. The molecule has 1 aromatic carbocycles. The fourth-order valence-electron chi connectivity index (χ4n) is 6.93. The number of hydrogen-bond donors (Lipinski definition) is 2. The van der Waals surface area contributed by atoms with E-state index in [1.54, 1.807) is 20.0 Å². The van der Waals surface area contributed by atoms with Crippen molar-refractivity contribution in [3.05, 3.63) is 80.1 Å². The standard InChI is InChI=1S/C35H36F4N6O4/c1-18-13-21(16-28(40)46)32(47)44(2)30(18)20-14-25(36)24(17-49-22-5-6-22)26(15-20)45-11-9-34(10-12-45)33(48)42-31(43-34)23-7-8-27(35(37,38)39)41-29(23)19-3-4-19/h7-8,13-15,19,22H,3-6,9-12,16-17H2,1-2H3,(H2,40,46)(H,42,43,48). The first-order valence-electron chi connectivity index (χ1n) is 16.4. The van der Waals surface area contributed by atoms with Crippen LogP contribution in [-0.4, -0.2) is 51.9 Å². The van der Waals surface area contributed by atoms with E-state index in [0.717, 1.165) is 31.7 Å². The summed E-state index contributed by atoms with van der Waals surface area (Å²) in [4.78, 5) is 48.8. The highest BCUT2D eigenvalue weighted by molar-refractivity contribution is 6.16. The summed E-state index contributed by atoms with van der Waals surface area (Å²) in [6.07, 6.45) is -0.904. The van der Waals surface area contributed by atoms with Gasteiger partial charge in [0.2, 0.25) is 5.91 Å². The summed E-state index contributed by atoms with van der Waals surface area (Å²) in [7, 11) is 1.57. The molecule has 2 aromatic heterocycles. The van der Waals surface area contributed by atoms with Gasteiger partial charge in [0.15, 0.2) is 0 Å². The molecule has 2 aliphatic heterocycles. The molecule has 1 spiro atoms. The molecule has 0 unspecified atom stereocenters. The zero-order valence-corrected chi connectivity index (χ0v) is 27.1. The normalized spacial score (nSPS) is 18.9. The number of amidine groups is 1. The topological polar surface area (TPSA) is 132 Å². The Bertz CT molecular complexity index is 1960. The van der Waals surface area contributed by atoms with Crippen molar-refractivity contribution in [2.45, 2.75) is 82.2 Å². The van der Waals surface area contributed by atoms with Crippen LogP contribution in [0.5, 0.6) is 0 Å². The third-order valence-corrected chi connectivity index (χ3v) is 9.82. The fourth-order valence-corrected chi connectivity index (χ4v) is 6.93. The van der Waals surface area contributed by atoms with Crippen LogP contribution in [0.3, 0.4) is 0 Å². The lowest BCUT2D eigenvalue weighted by atomic mass is 9.87. The fraction of sp³-hybridized carbons (Fsp3) is 0.457. The molecule has 1 saturated heterocycles. The number of hydrogen-bond acceptors (Lipinski definition) is 7. The number of rotatable bonds is 9. The molecule has 49 heavy (non-hydrogen) atoms. The minimum absolute atomic E-state index is 0.0525. The lowest BCUT2D eigenvalue weighted by molar-refractivity contribution is -0.141. The van der Waals surface area contributed by atoms with Gasteiger partial charge in [0.05, 0.1) is 30.5 Å². The van der Waals surface area contributed by atoms with Crippen LogP contribution in [0.15, 0.2) is 40.1 Å². The number of carbonyl (C=O) groups excluding carboxylic acids is 2. The Morgan fingerprint density at radius 2 is 1.82 bits per heavy atom. The molecule has 4 aliphatic rings.